The summed E-state index contributed by atoms with van der Waals surface area (Å²) >= 11 is 0. The van der Waals surface area contributed by atoms with Crippen molar-refractivity contribution in [1.29, 1.82) is 0 Å². The first-order valence-electron chi connectivity index (χ1n) is 13.1. The molecule has 0 heterocycles. The van der Waals surface area contributed by atoms with Gasteiger partial charge in [0.15, 0.2) is 0 Å². The molecule has 2 rings (SSSR count). The molecule has 38 heavy (non-hydrogen) atoms. The van der Waals surface area contributed by atoms with Gasteiger partial charge in [-0.05, 0) is 96.7 Å². The lowest BCUT2D eigenvalue weighted by atomic mass is 9.96. The van der Waals surface area contributed by atoms with Crippen LogP contribution >= 0.6 is 0 Å². The molecule has 208 valence electrons. The first-order valence-corrected chi connectivity index (χ1v) is 13.1. The molecule has 3 N–H and O–H groups in total. The quantitative estimate of drug-likeness (QED) is 0.429. The Morgan fingerprint density at radius 1 is 0.921 bits per heavy atom. The van der Waals surface area contributed by atoms with Crippen LogP contribution in [0.1, 0.15) is 76.8 Å². The van der Waals surface area contributed by atoms with Crippen molar-refractivity contribution in [3.63, 3.8) is 0 Å². The van der Waals surface area contributed by atoms with Gasteiger partial charge in [0.25, 0.3) is 0 Å². The van der Waals surface area contributed by atoms with Gasteiger partial charge in [0.1, 0.15) is 23.4 Å². The van der Waals surface area contributed by atoms with E-state index in [0.29, 0.717) is 5.56 Å². The zero-order chi connectivity index (χ0) is 28.8. The van der Waals surface area contributed by atoms with Crippen LogP contribution in [0.5, 0.6) is 5.75 Å². The maximum absolute atomic E-state index is 14.2. The fraction of sp³-hybridized carbons (Fsp3) is 0.500. The summed E-state index contributed by atoms with van der Waals surface area (Å²) < 4.78 is 5.45. The third-order valence-electron chi connectivity index (χ3n) is 5.98. The number of nitrogens with zero attached hydrogens (tertiary/aromatic N) is 1. The zero-order valence-corrected chi connectivity index (χ0v) is 24.1. The van der Waals surface area contributed by atoms with E-state index >= 15 is 0 Å². The molecule has 0 bridgehead atoms. The van der Waals surface area contributed by atoms with Crippen molar-refractivity contribution in [1.82, 2.24) is 15.5 Å². The molecule has 0 aliphatic rings. The molecule has 2 atom stereocenters. The van der Waals surface area contributed by atoms with E-state index in [9.17, 15) is 19.5 Å². The summed E-state index contributed by atoms with van der Waals surface area (Å²) in [6, 6.07) is 9.75. The van der Waals surface area contributed by atoms with Gasteiger partial charge in [-0.1, -0.05) is 30.3 Å². The Hall–Kier alpha value is -3.55. The van der Waals surface area contributed by atoms with Gasteiger partial charge in [0.05, 0.1) is 0 Å². The van der Waals surface area contributed by atoms with Gasteiger partial charge in [-0.15, -0.1) is 0 Å². The van der Waals surface area contributed by atoms with Crippen molar-refractivity contribution in [2.45, 2.75) is 98.5 Å². The summed E-state index contributed by atoms with van der Waals surface area (Å²) in [6.07, 6.45) is -0.583. The number of phenolic OH excluding ortho intramolecular Hbond substituents is 1. The second-order valence-electron chi connectivity index (χ2n) is 11.3. The van der Waals surface area contributed by atoms with E-state index < -0.39 is 29.7 Å². The highest BCUT2D eigenvalue weighted by Gasteiger charge is 2.38. The average molecular weight is 526 g/mol. The number of benzene rings is 2. The molecule has 8 heteroatoms. The minimum absolute atomic E-state index is 0.0979. The minimum atomic E-state index is -1.02. The Morgan fingerprint density at radius 2 is 1.53 bits per heavy atom. The number of carbonyl (C=O) groups is 3. The van der Waals surface area contributed by atoms with Crippen LogP contribution in [0.15, 0.2) is 42.5 Å². The minimum Gasteiger partial charge on any atom is -0.508 e. The van der Waals surface area contributed by atoms with Crippen LogP contribution in [0.4, 0.5) is 4.79 Å². The molecule has 0 radical (unpaired) electrons. The van der Waals surface area contributed by atoms with E-state index in [1.165, 1.54) is 17.0 Å². The molecule has 2 aromatic carbocycles. The van der Waals surface area contributed by atoms with Crippen LogP contribution < -0.4 is 10.6 Å². The predicted octanol–water partition coefficient (Wildman–Crippen LogP) is 4.95. The Labute approximate surface area is 226 Å². The van der Waals surface area contributed by atoms with Gasteiger partial charge in [-0.3, -0.25) is 9.59 Å². The highest BCUT2D eigenvalue weighted by Crippen LogP contribution is 2.27. The fourth-order valence-corrected chi connectivity index (χ4v) is 4.11. The third kappa shape index (κ3) is 8.78. The summed E-state index contributed by atoms with van der Waals surface area (Å²) in [5.41, 5.74) is 2.75. The number of nitrogens with one attached hydrogen (secondary N) is 2. The molecule has 2 unspecified atom stereocenters. The van der Waals surface area contributed by atoms with E-state index in [1.54, 1.807) is 32.9 Å². The Kier molecular flexibility index (Phi) is 10.3. The maximum Gasteiger partial charge on any atom is 0.408 e. The third-order valence-corrected chi connectivity index (χ3v) is 5.98. The lowest BCUT2D eigenvalue weighted by Gasteiger charge is -2.37. The van der Waals surface area contributed by atoms with E-state index in [2.05, 4.69) is 10.6 Å². The lowest BCUT2D eigenvalue weighted by molar-refractivity contribution is -0.144. The van der Waals surface area contributed by atoms with Gasteiger partial charge >= 0.3 is 6.09 Å². The molecule has 0 aliphatic heterocycles. The largest absolute Gasteiger partial charge is 0.508 e. The van der Waals surface area contributed by atoms with Crippen LogP contribution in [0.25, 0.3) is 0 Å². The molecule has 0 spiro atoms. The fourth-order valence-electron chi connectivity index (χ4n) is 4.11. The van der Waals surface area contributed by atoms with Gasteiger partial charge in [-0.25, -0.2) is 4.79 Å². The van der Waals surface area contributed by atoms with E-state index in [0.717, 1.165) is 16.7 Å². The predicted molar refractivity (Wildman–Crippen MR) is 149 cm³/mol. The number of carbonyl (C=O) groups excluding carboxylic acids is 3. The number of amides is 3. The molecule has 0 fully saturated rings. The number of ether oxygens (including phenoxy) is 1. The normalized spacial score (nSPS) is 13.1. The van der Waals surface area contributed by atoms with Crippen LogP contribution in [-0.2, 0) is 20.7 Å². The number of hydrogen-bond donors (Lipinski definition) is 3. The number of aromatic hydroxyl groups is 1. The smallest absolute Gasteiger partial charge is 0.408 e. The monoisotopic (exact) mass is 525 g/mol. The highest BCUT2D eigenvalue weighted by molar-refractivity contribution is 5.92. The number of rotatable bonds is 9. The van der Waals surface area contributed by atoms with Crippen molar-refractivity contribution in [3.05, 3.63) is 64.7 Å². The highest BCUT2D eigenvalue weighted by atomic mass is 16.6. The van der Waals surface area contributed by atoms with Gasteiger partial charge in [0.2, 0.25) is 11.8 Å². The Balaban J connectivity index is 2.57. The van der Waals surface area contributed by atoms with Crippen molar-refractivity contribution >= 4 is 17.9 Å². The summed E-state index contributed by atoms with van der Waals surface area (Å²) in [4.78, 5) is 42.1. The summed E-state index contributed by atoms with van der Waals surface area (Å²) in [6.45, 7) is 16.6. The topological polar surface area (TPSA) is 108 Å². The van der Waals surface area contributed by atoms with Crippen LogP contribution in [-0.4, -0.2) is 51.6 Å². The molecule has 8 nitrogen and oxygen atoms in total. The molecule has 3 amide bonds. The second kappa shape index (κ2) is 12.8. The van der Waals surface area contributed by atoms with E-state index in [1.807, 2.05) is 59.7 Å². The SMILES string of the molecule is Cc1ccc(C(C(=O)NC(C)C)N(C(=O)C(Cc2ccc(O)cc2)NC(=O)OC(C)(C)C)C(C)C)cc1C. The first-order chi connectivity index (χ1) is 17.6. The molecule has 2 aromatic rings. The summed E-state index contributed by atoms with van der Waals surface area (Å²) in [5.74, 6) is -0.618. The van der Waals surface area contributed by atoms with Crippen molar-refractivity contribution in [2.75, 3.05) is 0 Å². The number of phenols is 1. The number of aryl methyl sites for hydroxylation is 2. The van der Waals surface area contributed by atoms with Gasteiger partial charge < -0.3 is 25.4 Å². The zero-order valence-electron chi connectivity index (χ0n) is 24.1. The lowest BCUT2D eigenvalue weighted by Crippen LogP contribution is -2.56. The van der Waals surface area contributed by atoms with Crippen molar-refractivity contribution in [3.8, 4) is 5.75 Å². The maximum atomic E-state index is 14.2. The molecule has 0 aromatic heterocycles. The van der Waals surface area contributed by atoms with E-state index in [4.69, 9.17) is 4.74 Å². The van der Waals surface area contributed by atoms with Crippen molar-refractivity contribution in [2.24, 2.45) is 0 Å². The van der Waals surface area contributed by atoms with E-state index in [-0.39, 0.29) is 30.2 Å². The molecule has 0 aliphatic carbocycles. The van der Waals surface area contributed by atoms with Crippen molar-refractivity contribution < 1.29 is 24.2 Å². The number of hydrogen-bond acceptors (Lipinski definition) is 5. The molecular formula is C30H43N3O5. The molecule has 0 saturated carbocycles. The van der Waals surface area contributed by atoms with Crippen LogP contribution in [0, 0.1) is 13.8 Å². The van der Waals surface area contributed by atoms with Gasteiger partial charge in [-0.2, -0.15) is 0 Å². The summed E-state index contributed by atoms with van der Waals surface area (Å²) in [5, 5.41) is 15.4. The Morgan fingerprint density at radius 3 is 2.03 bits per heavy atom. The van der Waals surface area contributed by atoms with Crippen LogP contribution in [0.2, 0.25) is 0 Å². The van der Waals surface area contributed by atoms with Gasteiger partial charge in [0, 0.05) is 18.5 Å². The Bertz CT molecular complexity index is 1120. The summed E-state index contributed by atoms with van der Waals surface area (Å²) in [7, 11) is 0. The number of alkyl carbamates (subject to hydrolysis) is 1. The average Bonchev–Trinajstić information content (AvgIpc) is 2.78. The molecule has 0 saturated heterocycles. The molecular weight excluding hydrogens is 482 g/mol. The second-order valence-corrected chi connectivity index (χ2v) is 11.3. The van der Waals surface area contributed by atoms with Crippen LogP contribution in [0.3, 0.4) is 0 Å². The standard InChI is InChI=1S/C30H43N3O5/c1-18(2)31-27(35)26(23-13-10-20(5)21(6)16-23)33(19(3)4)28(36)25(32-29(37)38-30(7,8)9)17-22-11-14-24(34)15-12-22/h10-16,18-19,25-26,34H,17H2,1-9H3,(H,31,35)(H,32,37). The first kappa shape index (κ1) is 30.7.